The second kappa shape index (κ2) is 46.3. The van der Waals surface area contributed by atoms with E-state index >= 15 is 0 Å². The molecule has 0 radical (unpaired) electrons. The lowest BCUT2D eigenvalue weighted by atomic mass is 10.2. The molecule has 0 aliphatic rings. The number of nitrogens with zero attached hydrogens (tertiary/aromatic N) is 2. The van der Waals surface area contributed by atoms with Crippen LogP contribution in [0.2, 0.25) is 10.0 Å². The zero-order valence-electron chi connectivity index (χ0n) is 36.8. The first-order chi connectivity index (χ1) is 26.7. The van der Waals surface area contributed by atoms with Crippen molar-refractivity contribution in [2.75, 3.05) is 43.7 Å². The topological polar surface area (TPSA) is 130 Å². The van der Waals surface area contributed by atoms with Gasteiger partial charge in [-0.3, -0.25) is 9.59 Å². The van der Waals surface area contributed by atoms with Gasteiger partial charge in [-0.15, -0.1) is 0 Å². The highest BCUT2D eigenvalue weighted by atomic mass is 35.5. The van der Waals surface area contributed by atoms with Gasteiger partial charge in [0.2, 0.25) is 10.2 Å². The van der Waals surface area contributed by atoms with Crippen LogP contribution in [-0.2, 0) is 14.2 Å². The van der Waals surface area contributed by atoms with Crippen molar-refractivity contribution in [3.05, 3.63) is 69.7 Å². The molecule has 2 rings (SSSR count). The van der Waals surface area contributed by atoms with E-state index < -0.39 is 0 Å². The van der Waals surface area contributed by atoms with Gasteiger partial charge in [-0.1, -0.05) is 133 Å². The van der Waals surface area contributed by atoms with Crippen LogP contribution in [0.3, 0.4) is 0 Å². The maximum absolute atomic E-state index is 11.8. The van der Waals surface area contributed by atoms with Gasteiger partial charge in [0.15, 0.2) is 0 Å². The van der Waals surface area contributed by atoms with E-state index in [0.29, 0.717) is 77.6 Å². The molecule has 0 aromatic heterocycles. The number of thioether (sulfide) groups is 3. The van der Waals surface area contributed by atoms with Crippen LogP contribution in [0.5, 0.6) is 0 Å². The van der Waals surface area contributed by atoms with Gasteiger partial charge in [0.05, 0.1) is 61.7 Å². The summed E-state index contributed by atoms with van der Waals surface area (Å²) < 4.78 is 15.8. The van der Waals surface area contributed by atoms with Gasteiger partial charge >= 0.3 is 0 Å². The summed E-state index contributed by atoms with van der Waals surface area (Å²) in [6.07, 6.45) is 1.85. The molecule has 0 saturated carbocycles. The minimum Gasteiger partial charge on any atom is -0.396 e. The fraction of sp³-hybridized carbons (Fsp3) is 0.644. The Morgan fingerprint density at radius 2 is 1.10 bits per heavy atom. The van der Waals surface area contributed by atoms with E-state index in [9.17, 15) is 9.59 Å². The summed E-state index contributed by atoms with van der Waals surface area (Å²) in [4.78, 5) is 23.4. The van der Waals surface area contributed by atoms with E-state index in [2.05, 4.69) is 40.7 Å². The molecule has 0 aliphatic carbocycles. The summed E-state index contributed by atoms with van der Waals surface area (Å²) in [6, 6.07) is 18.3. The molecular formula is C45H76Cl2N2O6S3. The van der Waals surface area contributed by atoms with E-state index in [-0.39, 0.29) is 36.0 Å². The molecule has 2 aromatic rings. The summed E-state index contributed by atoms with van der Waals surface area (Å²) >= 11 is 16.0. The number of nitriles is 2. The molecule has 0 amide bonds. The van der Waals surface area contributed by atoms with Crippen LogP contribution in [0.25, 0.3) is 0 Å². The quantitative estimate of drug-likeness (QED) is 0.152. The number of rotatable bonds is 17. The van der Waals surface area contributed by atoms with Crippen LogP contribution in [0.1, 0.15) is 131 Å². The van der Waals surface area contributed by atoms with Crippen molar-refractivity contribution in [3.8, 4) is 12.1 Å². The summed E-state index contributed by atoms with van der Waals surface area (Å²) in [6.45, 7) is 28.6. The average molecular weight is 908 g/mol. The number of hydrogen-bond donors (Lipinski definition) is 1. The molecule has 334 valence electrons. The molecule has 0 fully saturated rings. The minimum atomic E-state index is -0.0565. The van der Waals surface area contributed by atoms with Crippen molar-refractivity contribution in [2.45, 2.75) is 134 Å². The Hall–Kier alpha value is -1.77. The van der Waals surface area contributed by atoms with Gasteiger partial charge in [-0.25, -0.2) is 0 Å². The molecule has 0 bridgehead atoms. The number of benzene rings is 2. The Labute approximate surface area is 377 Å². The zero-order valence-corrected chi connectivity index (χ0v) is 40.8. The highest BCUT2D eigenvalue weighted by Crippen LogP contribution is 2.24. The molecule has 0 aliphatic heterocycles. The van der Waals surface area contributed by atoms with Gasteiger partial charge in [0.1, 0.15) is 0 Å². The molecule has 13 heteroatoms. The molecule has 0 saturated heterocycles. The maximum atomic E-state index is 11.8. The first kappa shape index (κ1) is 65.4. The molecule has 0 heterocycles. The van der Waals surface area contributed by atoms with Crippen LogP contribution in [0, 0.1) is 34.5 Å². The third kappa shape index (κ3) is 54.2. The Kier molecular flexibility index (Phi) is 52.2. The first-order valence-corrected chi connectivity index (χ1v) is 23.2. The van der Waals surface area contributed by atoms with Crippen molar-refractivity contribution >= 4 is 68.7 Å². The monoisotopic (exact) mass is 906 g/mol. The Morgan fingerprint density at radius 1 is 0.672 bits per heavy atom. The molecular weight excluding hydrogens is 832 g/mol. The second-order valence-electron chi connectivity index (χ2n) is 14.1. The summed E-state index contributed by atoms with van der Waals surface area (Å²) in [5, 5.41) is 26.0. The largest absolute Gasteiger partial charge is 0.396 e. The highest BCUT2D eigenvalue weighted by Gasteiger charge is 2.11. The average Bonchev–Trinajstić information content (AvgIpc) is 3.13. The Balaban J connectivity index is -0.000000207. The van der Waals surface area contributed by atoms with Crippen molar-refractivity contribution in [3.63, 3.8) is 0 Å². The predicted molar refractivity (Wildman–Crippen MR) is 257 cm³/mol. The van der Waals surface area contributed by atoms with E-state index in [0.717, 1.165) is 17.2 Å². The lowest BCUT2D eigenvalue weighted by Crippen LogP contribution is -2.07. The second-order valence-corrected chi connectivity index (χ2v) is 18.7. The lowest BCUT2D eigenvalue weighted by Gasteiger charge is -2.07. The maximum Gasteiger partial charge on any atom is 0.220 e. The van der Waals surface area contributed by atoms with Gasteiger partial charge in [0.25, 0.3) is 0 Å². The summed E-state index contributed by atoms with van der Waals surface area (Å²) in [7, 11) is 0. The smallest absolute Gasteiger partial charge is 0.220 e. The van der Waals surface area contributed by atoms with Crippen LogP contribution in [0.15, 0.2) is 48.5 Å². The number of hydrogen-bond acceptors (Lipinski definition) is 11. The Morgan fingerprint density at radius 3 is 1.48 bits per heavy atom. The summed E-state index contributed by atoms with van der Waals surface area (Å²) in [5.74, 6) is 3.59. The summed E-state index contributed by atoms with van der Waals surface area (Å²) in [5.41, 5.74) is 1.25. The normalized spacial score (nSPS) is 9.93. The predicted octanol–water partition coefficient (Wildman–Crippen LogP) is 13.6. The number of halogens is 2. The fourth-order valence-corrected chi connectivity index (χ4v) is 5.50. The van der Waals surface area contributed by atoms with E-state index in [1.807, 2.05) is 104 Å². The third-order valence-electron chi connectivity index (χ3n) is 5.39. The van der Waals surface area contributed by atoms with E-state index in [1.54, 1.807) is 18.2 Å². The van der Waals surface area contributed by atoms with Gasteiger partial charge in [-0.05, 0) is 76.8 Å². The molecule has 8 nitrogen and oxygen atoms in total. The first-order valence-electron chi connectivity index (χ1n) is 19.4. The number of carbonyl (C=O) groups is 2. The lowest BCUT2D eigenvalue weighted by molar-refractivity contribution is 0.0833. The van der Waals surface area contributed by atoms with E-state index in [4.69, 9.17) is 53.0 Å². The zero-order chi connectivity index (χ0) is 44.6. The molecule has 58 heavy (non-hydrogen) atoms. The molecule has 0 unspecified atom stereocenters. The van der Waals surface area contributed by atoms with Gasteiger partial charge in [-0.2, -0.15) is 22.3 Å². The van der Waals surface area contributed by atoms with E-state index in [1.165, 1.54) is 23.5 Å². The molecule has 0 atom stereocenters. The van der Waals surface area contributed by atoms with Gasteiger partial charge in [0, 0.05) is 46.4 Å². The SMILES string of the molecule is C.CC(C)C.CC(C)CO.CC(C)OCCC#N.CC(C)OCCSC(=O)c1ccc(Cl)cc1Cl.CC(C)OCCSC(=O)c1ccccc1.CC(C)SCCC#N. The number of aliphatic hydroxyl groups is 1. The van der Waals surface area contributed by atoms with Crippen LogP contribution in [-0.4, -0.2) is 82.6 Å². The number of carbonyl (C=O) groups excluding carboxylic acids is 2. The molecule has 0 spiro atoms. The number of aliphatic hydroxyl groups excluding tert-OH is 1. The number of ether oxygens (including phenoxy) is 3. The van der Waals surface area contributed by atoms with Crippen LogP contribution in [0.4, 0.5) is 0 Å². The highest BCUT2D eigenvalue weighted by molar-refractivity contribution is 8.14. The van der Waals surface area contributed by atoms with Gasteiger partial charge < -0.3 is 19.3 Å². The fourth-order valence-electron chi connectivity index (χ4n) is 2.91. The molecule has 2 aromatic carbocycles. The minimum absolute atomic E-state index is 0. The van der Waals surface area contributed by atoms with Crippen molar-refractivity contribution in [2.24, 2.45) is 11.8 Å². The van der Waals surface area contributed by atoms with Crippen molar-refractivity contribution in [1.29, 1.82) is 10.5 Å². The van der Waals surface area contributed by atoms with Crippen LogP contribution >= 0.6 is 58.5 Å². The Bertz CT molecular complexity index is 1290. The van der Waals surface area contributed by atoms with Crippen LogP contribution < -0.4 is 0 Å². The standard InChI is InChI=1S/C12H14Cl2O2S.C12H16O2S.C6H11NO.C6H11NS.C4H10O.C4H10.CH4/c1-8(2)16-5-6-17-12(15)10-4-3-9(13)7-11(10)14;1-10(2)14-8-9-15-12(13)11-6-4-3-5-7-11;2*1-6(2)8-5-3-4-7;1-4(2)3-5;1-4(2)3;/h3-4,7-8H,5-6H2,1-2H3;3-7,10H,8-9H2,1-2H3;2*6H,3,5H2,1-2H3;4-5H,3H2,1-2H3;4H,1-3H3;1H4. The molecule has 1 N–H and O–H groups in total. The third-order valence-corrected chi connectivity index (χ3v) is 8.77. The van der Waals surface area contributed by atoms with Crippen molar-refractivity contribution in [1.82, 2.24) is 0 Å². The van der Waals surface area contributed by atoms with Crippen molar-refractivity contribution < 1.29 is 28.9 Å².